The number of hydrogen-bond donors (Lipinski definition) is 2. The van der Waals surface area contributed by atoms with Crippen molar-refractivity contribution in [3.05, 3.63) is 96.3 Å². The Bertz CT molecular complexity index is 1200. The lowest BCUT2D eigenvalue weighted by atomic mass is 10.1. The van der Waals surface area contributed by atoms with E-state index >= 15 is 0 Å². The smallest absolute Gasteiger partial charge is 0.305 e. The van der Waals surface area contributed by atoms with Crippen molar-refractivity contribution in [2.75, 3.05) is 6.54 Å². The van der Waals surface area contributed by atoms with Crippen LogP contribution in [0.15, 0.2) is 85.2 Å². The van der Waals surface area contributed by atoms with Crippen molar-refractivity contribution in [1.29, 1.82) is 0 Å². The van der Waals surface area contributed by atoms with Gasteiger partial charge in [0.2, 0.25) is 0 Å². The fourth-order valence-electron chi connectivity index (χ4n) is 3.37. The van der Waals surface area contributed by atoms with Gasteiger partial charge in [0.25, 0.3) is 5.91 Å². The zero-order valence-electron chi connectivity index (χ0n) is 17.3. The molecule has 7 heteroatoms. The maximum absolute atomic E-state index is 12.1. The first-order valence-corrected chi connectivity index (χ1v) is 10.2. The lowest BCUT2D eigenvalue weighted by Gasteiger charge is -2.10. The predicted octanol–water partition coefficient (Wildman–Crippen LogP) is 3.86. The Kier molecular flexibility index (Phi) is 6.36. The van der Waals surface area contributed by atoms with E-state index in [0.717, 1.165) is 28.1 Å². The summed E-state index contributed by atoms with van der Waals surface area (Å²) in [5.41, 5.74) is 5.52. The van der Waals surface area contributed by atoms with E-state index in [4.69, 9.17) is 5.11 Å². The molecule has 2 heterocycles. The fourth-order valence-corrected chi connectivity index (χ4v) is 3.37. The number of carbonyl (C=O) groups excluding carboxylic acids is 1. The van der Waals surface area contributed by atoms with Gasteiger partial charge in [0.15, 0.2) is 0 Å². The average Bonchev–Trinajstić information content (AvgIpc) is 3.28. The number of benzene rings is 2. The van der Waals surface area contributed by atoms with Gasteiger partial charge in [0.1, 0.15) is 0 Å². The molecule has 0 unspecified atom stereocenters. The molecule has 2 N–H and O–H groups in total. The molecule has 0 aliphatic heterocycles. The van der Waals surface area contributed by atoms with Gasteiger partial charge >= 0.3 is 5.97 Å². The molecule has 32 heavy (non-hydrogen) atoms. The van der Waals surface area contributed by atoms with Gasteiger partial charge in [-0.05, 0) is 41.5 Å². The van der Waals surface area contributed by atoms with Gasteiger partial charge < -0.3 is 10.4 Å². The average molecular weight is 426 g/mol. The van der Waals surface area contributed by atoms with E-state index < -0.39 is 5.97 Å². The molecule has 0 atom stereocenters. The largest absolute Gasteiger partial charge is 0.481 e. The SMILES string of the molecule is O=C(O)CCNC(=O)c1ccc(Cn2nccc2-c2ccc(-c3ccccn3)cc2)cc1. The highest BCUT2D eigenvalue weighted by atomic mass is 16.4. The third-order valence-electron chi connectivity index (χ3n) is 5.03. The number of aliphatic carboxylic acids is 1. The number of carboxylic acid groups (broad SMARTS) is 1. The van der Waals surface area contributed by atoms with Crippen LogP contribution in [0.25, 0.3) is 22.5 Å². The van der Waals surface area contributed by atoms with Gasteiger partial charge in [0.05, 0.1) is 24.4 Å². The van der Waals surface area contributed by atoms with Crippen LogP contribution in [-0.4, -0.2) is 38.3 Å². The molecule has 0 saturated carbocycles. The Hall–Kier alpha value is -4.26. The summed E-state index contributed by atoms with van der Waals surface area (Å²) in [4.78, 5) is 27.0. The number of carbonyl (C=O) groups is 2. The van der Waals surface area contributed by atoms with E-state index in [1.54, 1.807) is 24.5 Å². The van der Waals surface area contributed by atoms with Crippen LogP contribution in [0.1, 0.15) is 22.3 Å². The van der Waals surface area contributed by atoms with Crippen molar-refractivity contribution >= 4 is 11.9 Å². The van der Waals surface area contributed by atoms with E-state index in [1.807, 2.05) is 53.2 Å². The standard InChI is InChI=1S/C25H22N4O3/c30-24(31)13-15-27-25(32)21-6-4-18(5-7-21)17-29-23(12-16-28-29)20-10-8-19(9-11-20)22-3-1-2-14-26-22/h1-12,14,16H,13,15,17H2,(H,27,32)(H,30,31). The Labute approximate surface area is 185 Å². The molecule has 4 aromatic rings. The molecular weight excluding hydrogens is 404 g/mol. The van der Waals surface area contributed by atoms with E-state index in [-0.39, 0.29) is 18.9 Å². The second-order valence-electron chi connectivity index (χ2n) is 7.26. The molecule has 0 aliphatic rings. The van der Waals surface area contributed by atoms with Crippen LogP contribution in [0.4, 0.5) is 0 Å². The summed E-state index contributed by atoms with van der Waals surface area (Å²) in [6.45, 7) is 0.664. The number of amides is 1. The Morgan fingerprint density at radius 3 is 2.31 bits per heavy atom. The van der Waals surface area contributed by atoms with Gasteiger partial charge in [-0.1, -0.05) is 42.5 Å². The van der Waals surface area contributed by atoms with Crippen molar-refractivity contribution in [3.63, 3.8) is 0 Å². The van der Waals surface area contributed by atoms with Crippen LogP contribution < -0.4 is 5.32 Å². The summed E-state index contributed by atoms with van der Waals surface area (Å²) in [5.74, 6) is -1.23. The normalized spacial score (nSPS) is 10.6. The zero-order chi connectivity index (χ0) is 22.3. The zero-order valence-corrected chi connectivity index (χ0v) is 17.3. The van der Waals surface area contributed by atoms with E-state index in [9.17, 15) is 9.59 Å². The van der Waals surface area contributed by atoms with Crippen LogP contribution in [0.2, 0.25) is 0 Å². The van der Waals surface area contributed by atoms with Crippen LogP contribution >= 0.6 is 0 Å². The summed E-state index contributed by atoms with van der Waals surface area (Å²) in [6.07, 6.45) is 3.45. The number of carboxylic acids is 1. The third-order valence-corrected chi connectivity index (χ3v) is 5.03. The van der Waals surface area contributed by atoms with Crippen molar-refractivity contribution < 1.29 is 14.7 Å². The highest BCUT2D eigenvalue weighted by Crippen LogP contribution is 2.24. The van der Waals surface area contributed by atoms with E-state index in [2.05, 4.69) is 27.5 Å². The fraction of sp³-hybridized carbons (Fsp3) is 0.120. The summed E-state index contributed by atoms with van der Waals surface area (Å²) in [5, 5.41) is 15.7. The number of nitrogens with zero attached hydrogens (tertiary/aromatic N) is 3. The van der Waals surface area contributed by atoms with Gasteiger partial charge in [-0.3, -0.25) is 19.3 Å². The molecule has 160 valence electrons. The molecule has 0 spiro atoms. The first-order valence-electron chi connectivity index (χ1n) is 10.2. The van der Waals surface area contributed by atoms with E-state index in [1.165, 1.54) is 0 Å². The molecule has 0 fully saturated rings. The lowest BCUT2D eigenvalue weighted by Crippen LogP contribution is -2.25. The van der Waals surface area contributed by atoms with Gasteiger partial charge in [0, 0.05) is 30.1 Å². The number of nitrogens with one attached hydrogen (secondary N) is 1. The predicted molar refractivity (Wildman–Crippen MR) is 121 cm³/mol. The molecule has 0 saturated heterocycles. The molecule has 7 nitrogen and oxygen atoms in total. The van der Waals surface area contributed by atoms with Crippen molar-refractivity contribution in [3.8, 4) is 22.5 Å². The highest BCUT2D eigenvalue weighted by Gasteiger charge is 2.09. The summed E-state index contributed by atoms with van der Waals surface area (Å²) >= 11 is 0. The van der Waals surface area contributed by atoms with Crippen LogP contribution in [0, 0.1) is 0 Å². The summed E-state index contributed by atoms with van der Waals surface area (Å²) in [7, 11) is 0. The Balaban J connectivity index is 1.44. The highest BCUT2D eigenvalue weighted by molar-refractivity contribution is 5.94. The minimum atomic E-state index is -0.943. The molecule has 2 aromatic carbocycles. The summed E-state index contributed by atoms with van der Waals surface area (Å²) in [6, 6.07) is 23.3. The number of rotatable bonds is 8. The quantitative estimate of drug-likeness (QED) is 0.446. The van der Waals surface area contributed by atoms with Gasteiger partial charge in [-0.15, -0.1) is 0 Å². The Morgan fingerprint density at radius 2 is 1.62 bits per heavy atom. The number of aromatic nitrogens is 3. The molecular formula is C25H22N4O3. The van der Waals surface area contributed by atoms with Crippen molar-refractivity contribution in [2.24, 2.45) is 0 Å². The molecule has 2 aromatic heterocycles. The molecule has 1 amide bonds. The minimum Gasteiger partial charge on any atom is -0.481 e. The number of pyridine rings is 1. The Morgan fingerprint density at radius 1 is 0.875 bits per heavy atom. The lowest BCUT2D eigenvalue weighted by molar-refractivity contribution is -0.136. The molecule has 4 rings (SSSR count). The van der Waals surface area contributed by atoms with Crippen molar-refractivity contribution in [1.82, 2.24) is 20.1 Å². The van der Waals surface area contributed by atoms with Gasteiger partial charge in [-0.2, -0.15) is 5.10 Å². The van der Waals surface area contributed by atoms with Crippen LogP contribution in [-0.2, 0) is 11.3 Å². The van der Waals surface area contributed by atoms with E-state index in [0.29, 0.717) is 12.1 Å². The van der Waals surface area contributed by atoms with Crippen LogP contribution in [0.3, 0.4) is 0 Å². The monoisotopic (exact) mass is 426 g/mol. The maximum Gasteiger partial charge on any atom is 0.305 e. The second-order valence-corrected chi connectivity index (χ2v) is 7.26. The second kappa shape index (κ2) is 9.70. The molecule has 0 bridgehead atoms. The minimum absolute atomic E-state index is 0.102. The van der Waals surface area contributed by atoms with Crippen LogP contribution in [0.5, 0.6) is 0 Å². The third kappa shape index (κ3) is 5.07. The first-order chi connectivity index (χ1) is 15.6. The van der Waals surface area contributed by atoms with Crippen molar-refractivity contribution in [2.45, 2.75) is 13.0 Å². The maximum atomic E-state index is 12.1. The molecule has 0 aliphatic carbocycles. The summed E-state index contributed by atoms with van der Waals surface area (Å²) < 4.78 is 1.91. The topological polar surface area (TPSA) is 97.1 Å². The first kappa shape index (κ1) is 21.0. The number of hydrogen-bond acceptors (Lipinski definition) is 4. The van der Waals surface area contributed by atoms with Gasteiger partial charge in [-0.25, -0.2) is 0 Å². The molecule has 0 radical (unpaired) electrons.